The zero-order chi connectivity index (χ0) is 12.1. The van der Waals surface area contributed by atoms with E-state index in [1.54, 1.807) is 6.08 Å². The molecule has 0 aromatic heterocycles. The molecule has 90 valence electrons. The van der Waals surface area contributed by atoms with Crippen molar-refractivity contribution in [3.8, 4) is 0 Å². The summed E-state index contributed by atoms with van der Waals surface area (Å²) in [6.45, 7) is 6.01. The van der Waals surface area contributed by atoms with E-state index in [1.165, 1.54) is 7.11 Å². The summed E-state index contributed by atoms with van der Waals surface area (Å²) in [7, 11) is 1.29. The minimum absolute atomic E-state index is 0.00769. The Morgan fingerprint density at radius 2 is 2.38 bits per heavy atom. The zero-order valence-corrected chi connectivity index (χ0v) is 9.77. The Hall–Kier alpha value is -1.32. The van der Waals surface area contributed by atoms with Gasteiger partial charge in [0.25, 0.3) is 0 Å². The van der Waals surface area contributed by atoms with Crippen LogP contribution in [0, 0.1) is 17.8 Å². The molecule has 1 heterocycles. The van der Waals surface area contributed by atoms with Crippen molar-refractivity contribution in [2.24, 2.45) is 17.8 Å². The van der Waals surface area contributed by atoms with E-state index in [1.807, 2.05) is 6.92 Å². The van der Waals surface area contributed by atoms with Gasteiger partial charge in [0, 0.05) is 0 Å². The molecule has 0 aromatic rings. The predicted octanol–water partition coefficient (Wildman–Crippen LogP) is 1.55. The summed E-state index contributed by atoms with van der Waals surface area (Å²) in [5, 5.41) is 0. The molecule has 16 heavy (non-hydrogen) atoms. The Morgan fingerprint density at radius 3 is 2.94 bits per heavy atom. The van der Waals surface area contributed by atoms with Crippen LogP contribution in [0.4, 0.5) is 0 Å². The summed E-state index contributed by atoms with van der Waals surface area (Å²) < 4.78 is 9.62. The van der Waals surface area contributed by atoms with Crippen molar-refractivity contribution in [2.45, 2.75) is 19.8 Å². The Balaban J connectivity index is 2.81. The van der Waals surface area contributed by atoms with E-state index >= 15 is 0 Å². The first-order chi connectivity index (χ1) is 7.61. The molecule has 1 aliphatic heterocycles. The van der Waals surface area contributed by atoms with Gasteiger partial charge >= 0.3 is 11.9 Å². The molecule has 1 unspecified atom stereocenters. The molecule has 1 fully saturated rings. The Morgan fingerprint density at radius 1 is 1.69 bits per heavy atom. The molecule has 0 N–H and O–H groups in total. The lowest BCUT2D eigenvalue weighted by molar-refractivity contribution is -0.172. The summed E-state index contributed by atoms with van der Waals surface area (Å²) in [6.07, 6.45) is 3.34. The summed E-state index contributed by atoms with van der Waals surface area (Å²) in [4.78, 5) is 23.1. The van der Waals surface area contributed by atoms with Gasteiger partial charge in [-0.15, -0.1) is 6.58 Å². The third-order valence-corrected chi connectivity index (χ3v) is 3.06. The molecule has 0 bridgehead atoms. The molecule has 1 rings (SSSR count). The number of allylic oxidation sites excluding steroid dienone is 1. The molecular formula is C12H18O4. The van der Waals surface area contributed by atoms with Gasteiger partial charge in [0.15, 0.2) is 5.92 Å². The zero-order valence-electron chi connectivity index (χ0n) is 9.77. The summed E-state index contributed by atoms with van der Waals surface area (Å²) in [6, 6.07) is 0. The summed E-state index contributed by atoms with van der Waals surface area (Å²) in [5.41, 5.74) is 0. The number of esters is 2. The fraction of sp³-hybridized carbons (Fsp3) is 0.667. The first-order valence-corrected chi connectivity index (χ1v) is 5.47. The number of ether oxygens (including phenoxy) is 2. The second-order valence-electron chi connectivity index (χ2n) is 4.14. The number of carbonyl (C=O) groups excluding carboxylic acids is 2. The molecular weight excluding hydrogens is 208 g/mol. The predicted molar refractivity (Wildman–Crippen MR) is 58.6 cm³/mol. The first kappa shape index (κ1) is 12.7. The standard InChI is InChI=1S/C12H18O4/c1-4-5-6-9-8(2)7-16-12(14)10(9)11(13)15-3/h4,8-10H,1,5-7H2,2-3H3/t8-,9+,10?/m0/s1. The van der Waals surface area contributed by atoms with E-state index in [0.717, 1.165) is 12.8 Å². The average molecular weight is 226 g/mol. The molecule has 1 saturated heterocycles. The number of rotatable bonds is 4. The van der Waals surface area contributed by atoms with Crippen LogP contribution in [0.1, 0.15) is 19.8 Å². The molecule has 0 aromatic carbocycles. The van der Waals surface area contributed by atoms with Crippen molar-refractivity contribution >= 4 is 11.9 Å². The lowest BCUT2D eigenvalue weighted by Gasteiger charge is -2.33. The molecule has 0 aliphatic carbocycles. The second-order valence-corrected chi connectivity index (χ2v) is 4.14. The normalized spacial score (nSPS) is 29.4. The van der Waals surface area contributed by atoms with E-state index < -0.39 is 17.9 Å². The Bertz CT molecular complexity index is 277. The SMILES string of the molecule is C=CCC[C@H]1C(C(=O)OC)C(=O)OC[C@@H]1C. The van der Waals surface area contributed by atoms with Crippen LogP contribution in [-0.2, 0) is 19.1 Å². The number of hydrogen-bond acceptors (Lipinski definition) is 4. The fourth-order valence-electron chi connectivity index (χ4n) is 2.09. The molecule has 0 spiro atoms. The minimum atomic E-state index is -0.770. The van der Waals surface area contributed by atoms with Crippen LogP contribution in [-0.4, -0.2) is 25.7 Å². The Labute approximate surface area is 95.6 Å². The highest BCUT2D eigenvalue weighted by atomic mass is 16.6. The van der Waals surface area contributed by atoms with Crippen LogP contribution < -0.4 is 0 Å². The van der Waals surface area contributed by atoms with E-state index in [0.29, 0.717) is 6.61 Å². The topological polar surface area (TPSA) is 52.6 Å². The van der Waals surface area contributed by atoms with E-state index in [4.69, 9.17) is 4.74 Å². The quantitative estimate of drug-likeness (QED) is 0.414. The fourth-order valence-corrected chi connectivity index (χ4v) is 2.09. The van der Waals surface area contributed by atoms with Crippen LogP contribution >= 0.6 is 0 Å². The van der Waals surface area contributed by atoms with Gasteiger partial charge in [0.05, 0.1) is 13.7 Å². The average Bonchev–Trinajstić information content (AvgIpc) is 2.29. The van der Waals surface area contributed by atoms with Crippen LogP contribution in [0.25, 0.3) is 0 Å². The van der Waals surface area contributed by atoms with Gasteiger partial charge in [-0.3, -0.25) is 9.59 Å². The summed E-state index contributed by atoms with van der Waals surface area (Å²) >= 11 is 0. The number of cyclic esters (lactones) is 1. The minimum Gasteiger partial charge on any atom is -0.468 e. The highest BCUT2D eigenvalue weighted by molar-refractivity contribution is 5.95. The lowest BCUT2D eigenvalue weighted by Crippen LogP contribution is -2.43. The maximum atomic E-state index is 11.6. The van der Waals surface area contributed by atoms with Gasteiger partial charge in [0.1, 0.15) is 0 Å². The molecule has 0 saturated carbocycles. The first-order valence-electron chi connectivity index (χ1n) is 5.47. The second kappa shape index (κ2) is 5.68. The molecule has 1 aliphatic rings. The van der Waals surface area contributed by atoms with Crippen molar-refractivity contribution in [2.75, 3.05) is 13.7 Å². The maximum absolute atomic E-state index is 11.6. The summed E-state index contributed by atoms with van der Waals surface area (Å²) in [5.74, 6) is -1.55. The van der Waals surface area contributed by atoms with Crippen molar-refractivity contribution in [1.29, 1.82) is 0 Å². The van der Waals surface area contributed by atoms with Gasteiger partial charge in [-0.2, -0.15) is 0 Å². The number of hydrogen-bond donors (Lipinski definition) is 0. The number of carbonyl (C=O) groups is 2. The highest BCUT2D eigenvalue weighted by Crippen LogP contribution is 2.32. The monoisotopic (exact) mass is 226 g/mol. The van der Waals surface area contributed by atoms with E-state index in [-0.39, 0.29) is 11.8 Å². The van der Waals surface area contributed by atoms with Gasteiger partial charge < -0.3 is 9.47 Å². The van der Waals surface area contributed by atoms with Crippen LogP contribution in [0.2, 0.25) is 0 Å². The molecule has 0 radical (unpaired) electrons. The van der Waals surface area contributed by atoms with Crippen LogP contribution in [0.5, 0.6) is 0 Å². The van der Waals surface area contributed by atoms with Gasteiger partial charge in [-0.1, -0.05) is 13.0 Å². The van der Waals surface area contributed by atoms with E-state index in [2.05, 4.69) is 11.3 Å². The lowest BCUT2D eigenvalue weighted by atomic mass is 9.78. The maximum Gasteiger partial charge on any atom is 0.320 e. The van der Waals surface area contributed by atoms with Crippen LogP contribution in [0.3, 0.4) is 0 Å². The molecule has 3 atom stereocenters. The Kier molecular flexibility index (Phi) is 4.52. The van der Waals surface area contributed by atoms with Gasteiger partial charge in [0.2, 0.25) is 0 Å². The number of methoxy groups -OCH3 is 1. The van der Waals surface area contributed by atoms with Crippen molar-refractivity contribution in [1.82, 2.24) is 0 Å². The third-order valence-electron chi connectivity index (χ3n) is 3.06. The molecule has 4 heteroatoms. The highest BCUT2D eigenvalue weighted by Gasteiger charge is 2.43. The third kappa shape index (κ3) is 2.62. The molecule has 0 amide bonds. The van der Waals surface area contributed by atoms with Crippen LogP contribution in [0.15, 0.2) is 12.7 Å². The van der Waals surface area contributed by atoms with Crippen molar-refractivity contribution in [3.63, 3.8) is 0 Å². The van der Waals surface area contributed by atoms with E-state index in [9.17, 15) is 9.59 Å². The largest absolute Gasteiger partial charge is 0.468 e. The van der Waals surface area contributed by atoms with Gasteiger partial charge in [-0.05, 0) is 24.7 Å². The van der Waals surface area contributed by atoms with Gasteiger partial charge in [-0.25, -0.2) is 0 Å². The van der Waals surface area contributed by atoms with Crippen molar-refractivity contribution < 1.29 is 19.1 Å². The smallest absolute Gasteiger partial charge is 0.320 e. The van der Waals surface area contributed by atoms with Crippen molar-refractivity contribution in [3.05, 3.63) is 12.7 Å². The molecule has 4 nitrogen and oxygen atoms in total.